The van der Waals surface area contributed by atoms with E-state index in [0.29, 0.717) is 0 Å². The van der Waals surface area contributed by atoms with Gasteiger partial charge in [-0.25, -0.2) is 0 Å². The van der Waals surface area contributed by atoms with Crippen LogP contribution in [0, 0.1) is 0 Å². The maximum atomic E-state index is 2.40. The zero-order valence-corrected chi connectivity index (χ0v) is 65.1. The summed E-state index contributed by atoms with van der Waals surface area (Å²) in [6, 6.07) is 155. The number of hydrogen-bond donors (Lipinski definition) is 0. The molecule has 0 aliphatic carbocycles. The Morgan fingerprint density at radius 2 is 0.379 bits per heavy atom. The number of benzene rings is 18. The van der Waals surface area contributed by atoms with E-state index in [9.17, 15) is 0 Å². The standard InChI is InChI=1S/2C29H22N2.2C25H20N2/c2*1-30(21-11-3-2-4-12-21)26-19-20-29(23-14-6-5-13-22(23)26)31-27-17-9-7-15-24(27)25-16-8-10-18-28(25)31;1-26(19-11-3-2-4-12-19)24-17-9-10-18-25(24)27-22-15-7-5-13-20(22)21-14-6-8-16-23(21)27;1-26(19-10-3-2-4-11-19)20-12-9-13-21(18-20)27-24-16-7-5-14-22(24)23-15-6-8-17-25(23)27/h2*2-20H,1H3;2*2-18H,1H3. The van der Waals surface area contributed by atoms with Crippen LogP contribution < -0.4 is 19.6 Å². The Bertz CT molecular complexity index is 6850. The van der Waals surface area contributed by atoms with Crippen LogP contribution >= 0.6 is 0 Å². The second-order valence-corrected chi connectivity index (χ2v) is 29.4. The zero-order valence-electron chi connectivity index (χ0n) is 65.1. The molecule has 116 heavy (non-hydrogen) atoms. The maximum Gasteiger partial charge on any atom is 0.0699 e. The number of hydrogen-bond acceptors (Lipinski definition) is 4. The minimum absolute atomic E-state index is 1.17. The topological polar surface area (TPSA) is 32.7 Å². The number of rotatable bonds is 12. The highest BCUT2D eigenvalue weighted by atomic mass is 15.1. The predicted molar refractivity (Wildman–Crippen MR) is 496 cm³/mol. The molecular formula is C108H84N8. The number of para-hydroxylation sites is 14. The molecule has 556 valence electrons. The van der Waals surface area contributed by atoms with Crippen molar-refractivity contribution < 1.29 is 0 Å². The van der Waals surface area contributed by atoms with E-state index in [0.717, 1.165) is 0 Å². The van der Waals surface area contributed by atoms with Gasteiger partial charge < -0.3 is 37.9 Å². The van der Waals surface area contributed by atoms with Gasteiger partial charge in [0.15, 0.2) is 0 Å². The van der Waals surface area contributed by atoms with E-state index in [1.54, 1.807) is 0 Å². The Balaban J connectivity index is 0.000000103. The number of aromatic nitrogens is 4. The summed E-state index contributed by atoms with van der Waals surface area (Å²) in [5.74, 6) is 0. The van der Waals surface area contributed by atoms with Gasteiger partial charge in [0.25, 0.3) is 0 Å². The van der Waals surface area contributed by atoms with Gasteiger partial charge in [-0.3, -0.25) is 0 Å². The molecule has 0 saturated heterocycles. The summed E-state index contributed by atoms with van der Waals surface area (Å²) in [7, 11) is 8.51. The average Bonchev–Trinajstić information content (AvgIpc) is 1.59. The van der Waals surface area contributed by atoms with Crippen LogP contribution in [0.4, 0.5) is 45.5 Å². The molecule has 0 radical (unpaired) electrons. The van der Waals surface area contributed by atoms with E-state index in [2.05, 4.69) is 497 Å². The summed E-state index contributed by atoms with van der Waals surface area (Å²) >= 11 is 0. The van der Waals surface area contributed by atoms with Crippen molar-refractivity contribution in [3.63, 3.8) is 0 Å². The normalized spacial score (nSPS) is 11.3. The molecule has 0 spiro atoms. The molecule has 0 saturated carbocycles. The molecule has 0 N–H and O–H groups in total. The van der Waals surface area contributed by atoms with Crippen molar-refractivity contribution >= 4 is 154 Å². The molecular weight excluding hydrogens is 1410 g/mol. The smallest absolute Gasteiger partial charge is 0.0699 e. The van der Waals surface area contributed by atoms with E-state index in [1.165, 1.54) is 177 Å². The molecule has 0 aliphatic heterocycles. The van der Waals surface area contributed by atoms with Gasteiger partial charge in [-0.2, -0.15) is 0 Å². The van der Waals surface area contributed by atoms with Crippen LogP contribution in [0.5, 0.6) is 0 Å². The molecule has 0 atom stereocenters. The Morgan fingerprint density at radius 1 is 0.147 bits per heavy atom. The molecule has 0 unspecified atom stereocenters. The fourth-order valence-electron chi connectivity index (χ4n) is 17.2. The van der Waals surface area contributed by atoms with Crippen molar-refractivity contribution in [2.75, 3.05) is 47.8 Å². The first-order valence-corrected chi connectivity index (χ1v) is 39.6. The SMILES string of the molecule is CN(c1ccccc1)c1ccc(-n2c3ccccc3c3ccccc32)c2ccccc12.CN(c1ccccc1)c1ccc(-n2c3ccccc3c3ccccc32)c2ccccc12.CN(c1ccccc1)c1cccc(-n2c3ccccc3c3ccccc32)c1.CN(c1ccccc1)c1ccccc1-n1c2ccccc2c2ccccc21. The highest BCUT2D eigenvalue weighted by Crippen LogP contribution is 2.44. The van der Waals surface area contributed by atoms with Crippen LogP contribution in [-0.4, -0.2) is 46.5 Å². The molecule has 4 heterocycles. The van der Waals surface area contributed by atoms with Crippen LogP contribution in [0.1, 0.15) is 0 Å². The third kappa shape index (κ3) is 13.0. The van der Waals surface area contributed by atoms with Crippen LogP contribution in [0.2, 0.25) is 0 Å². The van der Waals surface area contributed by atoms with Gasteiger partial charge in [-0.15, -0.1) is 0 Å². The molecule has 8 nitrogen and oxygen atoms in total. The lowest BCUT2D eigenvalue weighted by atomic mass is 10.0. The molecule has 0 amide bonds. The van der Waals surface area contributed by atoms with Crippen molar-refractivity contribution in [2.24, 2.45) is 0 Å². The first-order chi connectivity index (χ1) is 57.3. The summed E-state index contributed by atoms with van der Waals surface area (Å²) < 4.78 is 9.53. The second-order valence-electron chi connectivity index (χ2n) is 29.4. The van der Waals surface area contributed by atoms with Crippen LogP contribution in [0.15, 0.2) is 437 Å². The van der Waals surface area contributed by atoms with E-state index < -0.39 is 0 Å². The summed E-state index contributed by atoms with van der Waals surface area (Å²) in [4.78, 5) is 8.99. The molecule has 0 fully saturated rings. The van der Waals surface area contributed by atoms with Crippen molar-refractivity contribution in [3.8, 4) is 22.7 Å². The van der Waals surface area contributed by atoms with E-state index in [-0.39, 0.29) is 0 Å². The van der Waals surface area contributed by atoms with Crippen molar-refractivity contribution in [3.05, 3.63) is 437 Å². The van der Waals surface area contributed by atoms with Gasteiger partial charge in [0.2, 0.25) is 0 Å². The molecule has 8 heteroatoms. The lowest BCUT2D eigenvalue weighted by Gasteiger charge is -2.23. The van der Waals surface area contributed by atoms with Crippen LogP contribution in [-0.2, 0) is 0 Å². The van der Waals surface area contributed by atoms with E-state index >= 15 is 0 Å². The summed E-state index contributed by atoms with van der Waals surface area (Å²) in [6.45, 7) is 0. The lowest BCUT2D eigenvalue weighted by Crippen LogP contribution is -2.12. The molecule has 18 aromatic carbocycles. The van der Waals surface area contributed by atoms with Gasteiger partial charge >= 0.3 is 0 Å². The van der Waals surface area contributed by atoms with Crippen molar-refractivity contribution in [2.45, 2.75) is 0 Å². The lowest BCUT2D eigenvalue weighted by molar-refractivity contribution is 1.12. The number of anilines is 8. The summed E-state index contributed by atoms with van der Waals surface area (Å²) in [6.07, 6.45) is 0. The third-order valence-electron chi connectivity index (χ3n) is 22.8. The van der Waals surface area contributed by atoms with Crippen molar-refractivity contribution in [1.29, 1.82) is 0 Å². The van der Waals surface area contributed by atoms with Crippen molar-refractivity contribution in [1.82, 2.24) is 18.3 Å². The van der Waals surface area contributed by atoms with Gasteiger partial charge in [0.1, 0.15) is 0 Å². The van der Waals surface area contributed by atoms with Crippen LogP contribution in [0.25, 0.3) is 132 Å². The van der Waals surface area contributed by atoms with Gasteiger partial charge in [-0.1, -0.05) is 285 Å². The highest BCUT2D eigenvalue weighted by Gasteiger charge is 2.22. The third-order valence-corrected chi connectivity index (χ3v) is 22.8. The highest BCUT2D eigenvalue weighted by molar-refractivity contribution is 6.15. The Labute approximate surface area is 675 Å². The number of fused-ring (bicyclic) bond motifs is 14. The van der Waals surface area contributed by atoms with E-state index in [1.807, 2.05) is 6.07 Å². The molecule has 22 rings (SSSR count). The minimum Gasteiger partial charge on any atom is -0.345 e. The monoisotopic (exact) mass is 1490 g/mol. The van der Waals surface area contributed by atoms with Gasteiger partial charge in [-0.05, 0) is 152 Å². The van der Waals surface area contributed by atoms with Gasteiger partial charge in [0.05, 0.1) is 66.9 Å². The first-order valence-electron chi connectivity index (χ1n) is 39.6. The number of nitrogens with zero attached hydrogens (tertiary/aromatic N) is 8. The molecule has 22 aromatic rings. The molecule has 4 aromatic heterocycles. The Hall–Kier alpha value is -15.1. The molecule has 0 bridgehead atoms. The Morgan fingerprint density at radius 3 is 0.707 bits per heavy atom. The van der Waals surface area contributed by atoms with Gasteiger partial charge in [0, 0.05) is 138 Å². The second kappa shape index (κ2) is 31.2. The maximum absolute atomic E-state index is 2.40. The Kier molecular flexibility index (Phi) is 19.2. The molecule has 0 aliphatic rings. The fourth-order valence-corrected chi connectivity index (χ4v) is 17.2. The average molecular weight is 1490 g/mol. The minimum atomic E-state index is 1.17. The quantitative estimate of drug-likeness (QED) is 0.122. The van der Waals surface area contributed by atoms with E-state index in [4.69, 9.17) is 0 Å². The zero-order chi connectivity index (χ0) is 78.0. The first kappa shape index (κ1) is 71.2. The predicted octanol–water partition coefficient (Wildman–Crippen LogP) is 28.5. The largest absolute Gasteiger partial charge is 0.345 e. The fraction of sp³-hybridized carbons (Fsp3) is 0.0370. The summed E-state index contributed by atoms with van der Waals surface area (Å²) in [5.41, 5.74) is 24.1. The van der Waals surface area contributed by atoms with Crippen LogP contribution in [0.3, 0.4) is 0 Å². The summed E-state index contributed by atoms with van der Waals surface area (Å²) in [5, 5.41) is 15.3.